The lowest BCUT2D eigenvalue weighted by Gasteiger charge is -2.33. The van der Waals surface area contributed by atoms with E-state index in [-0.39, 0.29) is 26.2 Å². The van der Waals surface area contributed by atoms with Crippen LogP contribution in [0.25, 0.3) is 22.3 Å². The van der Waals surface area contributed by atoms with Crippen LogP contribution in [0.3, 0.4) is 0 Å². The summed E-state index contributed by atoms with van der Waals surface area (Å²) in [4.78, 5) is 27.6. The van der Waals surface area contributed by atoms with Gasteiger partial charge in [0.05, 0.1) is 18.6 Å². The van der Waals surface area contributed by atoms with Crippen LogP contribution < -0.4 is 5.32 Å². The summed E-state index contributed by atoms with van der Waals surface area (Å²) in [5.41, 5.74) is 4.52. The fourth-order valence-corrected chi connectivity index (χ4v) is 5.11. The number of hydrogen-bond donors (Lipinski definition) is 3. The molecule has 1 heterocycles. The molecule has 0 spiro atoms. The fourth-order valence-electron chi connectivity index (χ4n) is 5.11. The van der Waals surface area contributed by atoms with Gasteiger partial charge in [-0.15, -0.1) is 0 Å². The number of rotatable bonds is 13. The first kappa shape index (κ1) is 31.7. The Morgan fingerprint density at radius 3 is 1.98 bits per heavy atom. The quantitative estimate of drug-likeness (QED) is 0.168. The van der Waals surface area contributed by atoms with Gasteiger partial charge in [-0.05, 0) is 52.1 Å². The average Bonchev–Trinajstić information content (AvgIpc) is 3.50. The number of ether oxygens (including phenoxy) is 1. The summed E-state index contributed by atoms with van der Waals surface area (Å²) in [5.74, 6) is -1.78. The second-order valence-electron chi connectivity index (χ2n) is 11.9. The third kappa shape index (κ3) is 8.43. The van der Waals surface area contributed by atoms with Crippen molar-refractivity contribution in [2.45, 2.75) is 52.3 Å². The first-order chi connectivity index (χ1) is 20.7. The highest BCUT2D eigenvalue weighted by Gasteiger charge is 2.38. The van der Waals surface area contributed by atoms with Gasteiger partial charge < -0.3 is 24.8 Å². The molecule has 0 saturated heterocycles. The Morgan fingerprint density at radius 1 is 0.814 bits per heavy atom. The predicted octanol–water partition coefficient (Wildman–Crippen LogP) is 6.02. The van der Waals surface area contributed by atoms with Crippen molar-refractivity contribution in [3.63, 3.8) is 0 Å². The van der Waals surface area contributed by atoms with E-state index in [4.69, 9.17) is 4.74 Å². The summed E-state index contributed by atoms with van der Waals surface area (Å²) < 4.78 is 7.47. The molecule has 3 atom stereocenters. The maximum absolute atomic E-state index is 14.0. The molecular weight excluding hydrogens is 540 g/mol. The normalized spacial score (nSPS) is 13.6. The molecule has 3 aromatic carbocycles. The van der Waals surface area contributed by atoms with Crippen molar-refractivity contribution in [2.75, 3.05) is 13.2 Å². The van der Waals surface area contributed by atoms with Crippen molar-refractivity contribution in [1.29, 1.82) is 0 Å². The maximum atomic E-state index is 14.0. The van der Waals surface area contributed by atoms with Crippen LogP contribution in [0.4, 0.5) is 0 Å². The van der Waals surface area contributed by atoms with Crippen molar-refractivity contribution >= 4 is 11.9 Å². The van der Waals surface area contributed by atoms with Gasteiger partial charge in [0, 0.05) is 19.0 Å². The zero-order valence-electron chi connectivity index (χ0n) is 25.1. The Labute approximate surface area is 254 Å². The molecular formula is C36H42N2O5. The number of aliphatic hydroxyl groups is 2. The highest BCUT2D eigenvalue weighted by molar-refractivity contribution is 5.87. The molecule has 4 aromatic rings. The van der Waals surface area contributed by atoms with E-state index in [1.54, 1.807) is 10.8 Å². The maximum Gasteiger partial charge on any atom is 0.311 e. The molecule has 1 unspecified atom stereocenters. The van der Waals surface area contributed by atoms with E-state index in [2.05, 4.69) is 29.6 Å². The zero-order valence-corrected chi connectivity index (χ0v) is 25.1. The Kier molecular flexibility index (Phi) is 10.9. The Hall–Kier alpha value is -4.20. The largest absolute Gasteiger partial charge is 0.461 e. The summed E-state index contributed by atoms with van der Waals surface area (Å²) in [5, 5.41) is 22.7. The average molecular weight is 583 g/mol. The third-order valence-electron chi connectivity index (χ3n) is 7.76. The number of carbonyl (C=O) groups is 2. The minimum atomic E-state index is -0.955. The number of benzene rings is 3. The molecule has 0 aliphatic carbocycles. The van der Waals surface area contributed by atoms with Crippen LogP contribution in [0.5, 0.6) is 0 Å². The van der Waals surface area contributed by atoms with E-state index in [0.29, 0.717) is 6.42 Å². The number of nitrogens with one attached hydrogen (secondary N) is 1. The fraction of sp³-hybridized carbons (Fsp3) is 0.333. The van der Waals surface area contributed by atoms with Crippen LogP contribution in [0.15, 0.2) is 103 Å². The van der Waals surface area contributed by atoms with Gasteiger partial charge in [0.25, 0.3) is 0 Å². The number of esters is 1. The highest BCUT2D eigenvalue weighted by atomic mass is 16.5. The Bertz CT molecular complexity index is 1440. The van der Waals surface area contributed by atoms with Crippen LogP contribution in [-0.2, 0) is 20.9 Å². The lowest BCUT2D eigenvalue weighted by atomic mass is 9.86. The molecule has 0 saturated carbocycles. The molecule has 0 radical (unpaired) electrons. The molecule has 0 aliphatic heterocycles. The van der Waals surface area contributed by atoms with E-state index in [9.17, 15) is 19.8 Å². The molecule has 226 valence electrons. The number of hydrogen-bond acceptors (Lipinski definition) is 5. The van der Waals surface area contributed by atoms with E-state index < -0.39 is 35.3 Å². The van der Waals surface area contributed by atoms with Gasteiger partial charge in [-0.2, -0.15) is 0 Å². The summed E-state index contributed by atoms with van der Waals surface area (Å²) >= 11 is 0. The van der Waals surface area contributed by atoms with E-state index in [0.717, 1.165) is 27.8 Å². The first-order valence-electron chi connectivity index (χ1n) is 14.8. The standard InChI is InChI=1S/C36H42N2O5/c1-36(2,3)32(24-40)37-34(41)33(31(15-10-22-39)35(42)43-25-26-11-6-4-7-12-26)38-21-20-30(23-38)29-18-16-28(17-19-29)27-13-8-5-9-14-27/h4-9,11-14,16-21,23,31-33,39-40H,10,15,22,24-25H2,1-3H3,(H,37,41)/t31?,32-,33-/m1/s1. The molecule has 43 heavy (non-hydrogen) atoms. The van der Waals surface area contributed by atoms with Crippen molar-refractivity contribution < 1.29 is 24.5 Å². The van der Waals surface area contributed by atoms with Crippen molar-refractivity contribution in [1.82, 2.24) is 9.88 Å². The van der Waals surface area contributed by atoms with Crippen molar-refractivity contribution in [2.24, 2.45) is 11.3 Å². The molecule has 7 nitrogen and oxygen atoms in total. The van der Waals surface area contributed by atoms with Gasteiger partial charge in [0.15, 0.2) is 0 Å². The van der Waals surface area contributed by atoms with Crippen LogP contribution in [-0.4, -0.2) is 45.9 Å². The Balaban J connectivity index is 1.65. The van der Waals surface area contributed by atoms with Crippen LogP contribution in [0, 0.1) is 11.3 Å². The highest BCUT2D eigenvalue weighted by Crippen LogP contribution is 2.31. The molecule has 1 aromatic heterocycles. The van der Waals surface area contributed by atoms with Gasteiger partial charge in [-0.25, -0.2) is 0 Å². The van der Waals surface area contributed by atoms with Gasteiger partial charge in [-0.1, -0.05) is 106 Å². The lowest BCUT2D eigenvalue weighted by molar-refractivity contribution is -0.154. The summed E-state index contributed by atoms with van der Waals surface area (Å²) in [6, 6.07) is 28.2. The van der Waals surface area contributed by atoms with Gasteiger partial charge in [-0.3, -0.25) is 9.59 Å². The van der Waals surface area contributed by atoms with Crippen LogP contribution >= 0.6 is 0 Å². The van der Waals surface area contributed by atoms with Gasteiger partial charge >= 0.3 is 5.97 Å². The molecule has 3 N–H and O–H groups in total. The van der Waals surface area contributed by atoms with Crippen molar-refractivity contribution in [3.05, 3.63) is 109 Å². The van der Waals surface area contributed by atoms with Crippen LogP contribution in [0.1, 0.15) is 45.2 Å². The van der Waals surface area contributed by atoms with E-state index >= 15 is 0 Å². The summed E-state index contributed by atoms with van der Waals surface area (Å²) in [6.07, 6.45) is 4.24. The second-order valence-corrected chi connectivity index (χ2v) is 11.9. The number of carbonyl (C=O) groups excluding carboxylic acids is 2. The zero-order chi connectivity index (χ0) is 30.8. The second kappa shape index (κ2) is 14.8. The number of amides is 1. The van der Waals surface area contributed by atoms with E-state index in [1.165, 1.54) is 0 Å². The monoisotopic (exact) mass is 582 g/mol. The predicted molar refractivity (Wildman–Crippen MR) is 169 cm³/mol. The molecule has 4 rings (SSSR count). The van der Waals surface area contributed by atoms with Crippen molar-refractivity contribution in [3.8, 4) is 22.3 Å². The smallest absolute Gasteiger partial charge is 0.311 e. The third-order valence-corrected chi connectivity index (χ3v) is 7.76. The Morgan fingerprint density at radius 2 is 1.40 bits per heavy atom. The molecule has 1 amide bonds. The molecule has 7 heteroatoms. The SMILES string of the molecule is CC(C)(C)[C@@H](CO)NC(=O)[C@@H](C(CCCO)C(=O)OCc1ccccc1)n1ccc(-c2ccc(-c3ccccc3)cc2)c1. The lowest BCUT2D eigenvalue weighted by Crippen LogP contribution is -2.50. The minimum absolute atomic E-state index is 0.0790. The van der Waals surface area contributed by atoms with Crippen LogP contribution in [0.2, 0.25) is 0 Å². The summed E-state index contributed by atoms with van der Waals surface area (Å²) in [7, 11) is 0. The van der Waals surface area contributed by atoms with E-state index in [1.807, 2.05) is 93.7 Å². The molecule has 0 fully saturated rings. The number of aliphatic hydroxyl groups excluding tert-OH is 2. The number of nitrogens with zero attached hydrogens (tertiary/aromatic N) is 1. The molecule has 0 aliphatic rings. The minimum Gasteiger partial charge on any atom is -0.461 e. The van der Waals surface area contributed by atoms with Gasteiger partial charge in [0.2, 0.25) is 5.91 Å². The topological polar surface area (TPSA) is 101 Å². The molecule has 0 bridgehead atoms. The van der Waals surface area contributed by atoms with Gasteiger partial charge in [0.1, 0.15) is 12.6 Å². The summed E-state index contributed by atoms with van der Waals surface area (Å²) in [6.45, 7) is 5.53. The number of aromatic nitrogens is 1. The first-order valence-corrected chi connectivity index (χ1v) is 14.8.